The minimum Gasteiger partial charge on any atom is -0.496 e. The van der Waals surface area contributed by atoms with Gasteiger partial charge in [0, 0.05) is 0 Å². The van der Waals surface area contributed by atoms with E-state index in [1.165, 1.54) is 37.8 Å². The predicted molar refractivity (Wildman–Crippen MR) is 83.8 cm³/mol. The summed E-state index contributed by atoms with van der Waals surface area (Å²) >= 11 is 3.57. The second-order valence-corrected chi connectivity index (χ2v) is 6.33. The van der Waals surface area contributed by atoms with E-state index in [9.17, 15) is 0 Å². The van der Waals surface area contributed by atoms with Gasteiger partial charge in [0.25, 0.3) is 0 Å². The highest BCUT2D eigenvalue weighted by Gasteiger charge is 2.30. The second-order valence-electron chi connectivity index (χ2n) is 5.47. The van der Waals surface area contributed by atoms with Crippen LogP contribution in [0.4, 0.5) is 0 Å². The summed E-state index contributed by atoms with van der Waals surface area (Å²) in [6.45, 7) is 4.56. The Morgan fingerprint density at radius 1 is 1.32 bits per heavy atom. The molecule has 1 N–H and O–H groups in total. The Kier molecular flexibility index (Phi) is 5.71. The van der Waals surface area contributed by atoms with Crippen molar-refractivity contribution in [2.75, 3.05) is 20.2 Å². The quantitative estimate of drug-likeness (QED) is 0.764. The van der Waals surface area contributed by atoms with E-state index < -0.39 is 0 Å². The Balaban J connectivity index is 1.85. The van der Waals surface area contributed by atoms with E-state index in [4.69, 9.17) is 4.74 Å². The second kappa shape index (κ2) is 7.30. The minimum atomic E-state index is 0.852. The van der Waals surface area contributed by atoms with Gasteiger partial charge in [0.15, 0.2) is 0 Å². The number of benzene rings is 1. The molecule has 0 amide bonds. The third-order valence-electron chi connectivity index (χ3n) is 4.12. The molecule has 2 unspecified atom stereocenters. The van der Waals surface area contributed by atoms with Crippen LogP contribution in [-0.2, 0) is 6.42 Å². The molecule has 3 heteroatoms. The predicted octanol–water partition coefficient (Wildman–Crippen LogP) is 4.03. The molecule has 0 aliphatic heterocycles. The summed E-state index contributed by atoms with van der Waals surface area (Å²) in [6.07, 6.45) is 5.19. The summed E-state index contributed by atoms with van der Waals surface area (Å²) < 4.78 is 6.34. The van der Waals surface area contributed by atoms with Crippen LogP contribution in [0.5, 0.6) is 5.75 Å². The standard InChI is InChI=1S/C16H24BrNO/c1-3-8-18-11-14-6-5-13(14)9-12-4-7-16(19-2)15(17)10-12/h4,7,10,13-14,18H,3,5-6,8-9,11H2,1-2H3. The molecule has 0 radical (unpaired) electrons. The number of rotatable bonds is 7. The molecule has 0 saturated heterocycles. The molecule has 1 aromatic rings. The summed E-state index contributed by atoms with van der Waals surface area (Å²) in [6, 6.07) is 6.45. The summed E-state index contributed by atoms with van der Waals surface area (Å²) in [7, 11) is 1.71. The minimum absolute atomic E-state index is 0.852. The highest BCUT2D eigenvalue weighted by atomic mass is 79.9. The molecular formula is C16H24BrNO. The average Bonchev–Trinajstić information content (AvgIpc) is 2.40. The van der Waals surface area contributed by atoms with Crippen LogP contribution in [0.15, 0.2) is 22.7 Å². The van der Waals surface area contributed by atoms with E-state index in [1.54, 1.807) is 7.11 Å². The van der Waals surface area contributed by atoms with Gasteiger partial charge >= 0.3 is 0 Å². The van der Waals surface area contributed by atoms with E-state index in [0.717, 1.165) is 28.6 Å². The highest BCUT2D eigenvalue weighted by molar-refractivity contribution is 9.10. The van der Waals surface area contributed by atoms with Crippen LogP contribution in [0.1, 0.15) is 31.7 Å². The van der Waals surface area contributed by atoms with Crippen molar-refractivity contribution in [2.24, 2.45) is 11.8 Å². The number of hydrogen-bond acceptors (Lipinski definition) is 2. The van der Waals surface area contributed by atoms with E-state index in [0.29, 0.717) is 0 Å². The Hall–Kier alpha value is -0.540. The number of halogens is 1. The average molecular weight is 326 g/mol. The highest BCUT2D eigenvalue weighted by Crippen LogP contribution is 2.37. The first kappa shape index (κ1) is 14.9. The van der Waals surface area contributed by atoms with Gasteiger partial charge in [-0.05, 0) is 84.2 Å². The molecule has 1 aliphatic rings. The molecule has 0 bridgehead atoms. The molecular weight excluding hydrogens is 302 g/mol. The molecule has 19 heavy (non-hydrogen) atoms. The van der Waals surface area contributed by atoms with E-state index in [-0.39, 0.29) is 0 Å². The van der Waals surface area contributed by atoms with Gasteiger partial charge in [0.2, 0.25) is 0 Å². The maximum atomic E-state index is 5.27. The molecule has 0 aromatic heterocycles. The molecule has 0 spiro atoms. The van der Waals surface area contributed by atoms with E-state index in [1.807, 2.05) is 0 Å². The lowest BCUT2D eigenvalue weighted by atomic mass is 9.70. The van der Waals surface area contributed by atoms with Crippen molar-refractivity contribution in [3.8, 4) is 5.75 Å². The largest absolute Gasteiger partial charge is 0.496 e. The molecule has 2 rings (SSSR count). The fourth-order valence-electron chi connectivity index (χ4n) is 2.78. The molecule has 1 aliphatic carbocycles. The zero-order chi connectivity index (χ0) is 13.7. The first-order valence-corrected chi connectivity index (χ1v) is 8.07. The zero-order valence-corrected chi connectivity index (χ0v) is 13.5. The molecule has 106 valence electrons. The lowest BCUT2D eigenvalue weighted by molar-refractivity contribution is 0.171. The number of hydrogen-bond donors (Lipinski definition) is 1. The third-order valence-corrected chi connectivity index (χ3v) is 4.74. The summed E-state index contributed by atoms with van der Waals surface area (Å²) in [5.74, 6) is 2.63. The van der Waals surface area contributed by atoms with Crippen LogP contribution in [0.2, 0.25) is 0 Å². The SMILES string of the molecule is CCCNCC1CCC1Cc1ccc(OC)c(Br)c1. The van der Waals surface area contributed by atoms with Gasteiger partial charge in [-0.2, -0.15) is 0 Å². The third kappa shape index (κ3) is 3.96. The Bertz CT molecular complexity index is 408. The van der Waals surface area contributed by atoms with Crippen molar-refractivity contribution >= 4 is 15.9 Å². The van der Waals surface area contributed by atoms with Gasteiger partial charge in [-0.1, -0.05) is 13.0 Å². The van der Waals surface area contributed by atoms with Crippen molar-refractivity contribution in [2.45, 2.75) is 32.6 Å². The maximum absolute atomic E-state index is 5.27. The Morgan fingerprint density at radius 2 is 2.11 bits per heavy atom. The Morgan fingerprint density at radius 3 is 2.68 bits per heavy atom. The van der Waals surface area contributed by atoms with Crippen LogP contribution in [0, 0.1) is 11.8 Å². The van der Waals surface area contributed by atoms with Crippen molar-refractivity contribution in [3.05, 3.63) is 28.2 Å². The normalized spacial score (nSPS) is 22.1. The van der Waals surface area contributed by atoms with Crippen molar-refractivity contribution in [1.82, 2.24) is 5.32 Å². The molecule has 2 nitrogen and oxygen atoms in total. The van der Waals surface area contributed by atoms with Gasteiger partial charge in [-0.25, -0.2) is 0 Å². The lowest BCUT2D eigenvalue weighted by Gasteiger charge is -2.37. The monoisotopic (exact) mass is 325 g/mol. The first-order valence-electron chi connectivity index (χ1n) is 7.27. The molecule has 2 atom stereocenters. The number of ether oxygens (including phenoxy) is 1. The fraction of sp³-hybridized carbons (Fsp3) is 0.625. The molecule has 1 aromatic carbocycles. The number of nitrogens with one attached hydrogen (secondary N) is 1. The lowest BCUT2D eigenvalue weighted by Crippen LogP contribution is -2.36. The summed E-state index contributed by atoms with van der Waals surface area (Å²) in [5, 5.41) is 3.55. The van der Waals surface area contributed by atoms with Crippen LogP contribution in [0.25, 0.3) is 0 Å². The summed E-state index contributed by atoms with van der Waals surface area (Å²) in [4.78, 5) is 0. The summed E-state index contributed by atoms with van der Waals surface area (Å²) in [5.41, 5.74) is 1.41. The molecule has 0 heterocycles. The zero-order valence-electron chi connectivity index (χ0n) is 11.9. The Labute approximate surface area is 125 Å². The smallest absolute Gasteiger partial charge is 0.133 e. The molecule has 1 fully saturated rings. The van der Waals surface area contributed by atoms with Crippen LogP contribution in [0.3, 0.4) is 0 Å². The van der Waals surface area contributed by atoms with E-state index in [2.05, 4.69) is 46.4 Å². The van der Waals surface area contributed by atoms with Gasteiger partial charge in [-0.3, -0.25) is 0 Å². The topological polar surface area (TPSA) is 21.3 Å². The first-order chi connectivity index (χ1) is 9.24. The van der Waals surface area contributed by atoms with Gasteiger partial charge in [0.05, 0.1) is 11.6 Å². The van der Waals surface area contributed by atoms with Gasteiger partial charge in [-0.15, -0.1) is 0 Å². The van der Waals surface area contributed by atoms with Gasteiger partial charge in [0.1, 0.15) is 5.75 Å². The molecule has 1 saturated carbocycles. The van der Waals surface area contributed by atoms with Crippen LogP contribution in [-0.4, -0.2) is 20.2 Å². The van der Waals surface area contributed by atoms with Crippen molar-refractivity contribution in [1.29, 1.82) is 0 Å². The van der Waals surface area contributed by atoms with Crippen molar-refractivity contribution < 1.29 is 4.74 Å². The van der Waals surface area contributed by atoms with Crippen LogP contribution >= 0.6 is 15.9 Å². The van der Waals surface area contributed by atoms with Gasteiger partial charge < -0.3 is 10.1 Å². The fourth-order valence-corrected chi connectivity index (χ4v) is 3.37. The van der Waals surface area contributed by atoms with Crippen molar-refractivity contribution in [3.63, 3.8) is 0 Å². The van der Waals surface area contributed by atoms with E-state index >= 15 is 0 Å². The number of methoxy groups -OCH3 is 1. The van der Waals surface area contributed by atoms with Crippen LogP contribution < -0.4 is 10.1 Å². The maximum Gasteiger partial charge on any atom is 0.133 e.